The zero-order valence-corrected chi connectivity index (χ0v) is 19.4. The minimum Gasteiger partial charge on any atom is -0.388 e. The van der Waals surface area contributed by atoms with Gasteiger partial charge in [0.05, 0.1) is 6.54 Å². The van der Waals surface area contributed by atoms with Gasteiger partial charge in [-0.3, -0.25) is 9.78 Å². The van der Waals surface area contributed by atoms with Gasteiger partial charge in [0.25, 0.3) is 0 Å². The molecule has 1 aliphatic carbocycles. The first-order chi connectivity index (χ1) is 17.2. The van der Waals surface area contributed by atoms with E-state index in [1.54, 1.807) is 18.1 Å². The summed E-state index contributed by atoms with van der Waals surface area (Å²) in [4.78, 5) is 32.3. The SMILES string of the molecule is CN(CC(=O)Cc1ccc(OC(F)(F)F)nc1)c1nc(-c2cc3ccccc3cn2)nc2c1CCC2. The third-order valence-corrected chi connectivity index (χ3v) is 5.97. The lowest BCUT2D eigenvalue weighted by Crippen LogP contribution is -2.29. The van der Waals surface area contributed by atoms with Gasteiger partial charge in [-0.05, 0) is 36.3 Å². The lowest BCUT2D eigenvalue weighted by Gasteiger charge is -2.21. The van der Waals surface area contributed by atoms with Crippen LogP contribution >= 0.6 is 0 Å². The van der Waals surface area contributed by atoms with Crippen LogP contribution in [-0.4, -0.2) is 45.7 Å². The Balaban J connectivity index is 1.34. The Labute approximate surface area is 205 Å². The van der Waals surface area contributed by atoms with Gasteiger partial charge in [-0.25, -0.2) is 15.0 Å². The monoisotopic (exact) mass is 493 g/mol. The zero-order valence-electron chi connectivity index (χ0n) is 19.4. The van der Waals surface area contributed by atoms with Gasteiger partial charge in [-0.15, -0.1) is 13.2 Å². The number of nitrogens with zero attached hydrogens (tertiary/aromatic N) is 5. The minimum absolute atomic E-state index is 0.0238. The van der Waals surface area contributed by atoms with E-state index in [2.05, 4.69) is 14.7 Å². The molecular weight excluding hydrogens is 471 g/mol. The number of pyridine rings is 2. The van der Waals surface area contributed by atoms with E-state index in [9.17, 15) is 18.0 Å². The van der Waals surface area contributed by atoms with Crippen molar-refractivity contribution < 1.29 is 22.7 Å². The number of rotatable bonds is 7. The molecule has 0 unspecified atom stereocenters. The molecule has 0 saturated carbocycles. The summed E-state index contributed by atoms with van der Waals surface area (Å²) in [5, 5.41) is 2.06. The molecule has 184 valence electrons. The highest BCUT2D eigenvalue weighted by Gasteiger charge is 2.31. The summed E-state index contributed by atoms with van der Waals surface area (Å²) >= 11 is 0. The number of Topliss-reactive ketones (excluding diaryl/α,β-unsaturated/α-hetero) is 1. The fraction of sp³-hybridized carbons (Fsp3) is 0.269. The summed E-state index contributed by atoms with van der Waals surface area (Å²) in [6, 6.07) is 12.4. The molecule has 3 aromatic heterocycles. The highest BCUT2D eigenvalue weighted by molar-refractivity contribution is 5.86. The summed E-state index contributed by atoms with van der Waals surface area (Å²) in [6.45, 7) is 0.0782. The van der Waals surface area contributed by atoms with Gasteiger partial charge in [0.1, 0.15) is 11.5 Å². The number of aromatic nitrogens is 4. The zero-order chi connectivity index (χ0) is 25.3. The van der Waals surface area contributed by atoms with Crippen LogP contribution in [0.1, 0.15) is 23.2 Å². The van der Waals surface area contributed by atoms with Crippen LogP contribution in [0.25, 0.3) is 22.3 Å². The Hall–Kier alpha value is -4.08. The number of carbonyl (C=O) groups is 1. The van der Waals surface area contributed by atoms with Crippen LogP contribution in [0.2, 0.25) is 0 Å². The lowest BCUT2D eigenvalue weighted by atomic mass is 10.1. The van der Waals surface area contributed by atoms with Crippen molar-refractivity contribution in [3.05, 3.63) is 71.7 Å². The van der Waals surface area contributed by atoms with Crippen LogP contribution in [0, 0.1) is 0 Å². The topological polar surface area (TPSA) is 81.1 Å². The molecule has 0 atom stereocenters. The fourth-order valence-corrected chi connectivity index (χ4v) is 4.37. The fourth-order valence-electron chi connectivity index (χ4n) is 4.37. The van der Waals surface area contributed by atoms with E-state index in [0.29, 0.717) is 22.9 Å². The number of hydrogen-bond acceptors (Lipinski definition) is 7. The number of fused-ring (bicyclic) bond motifs is 2. The first kappa shape index (κ1) is 23.7. The molecule has 1 aromatic carbocycles. The highest BCUT2D eigenvalue weighted by Crippen LogP contribution is 2.31. The van der Waals surface area contributed by atoms with Crippen molar-refractivity contribution in [1.82, 2.24) is 19.9 Å². The van der Waals surface area contributed by atoms with Crippen LogP contribution in [0.5, 0.6) is 5.88 Å². The first-order valence-electron chi connectivity index (χ1n) is 11.4. The largest absolute Gasteiger partial charge is 0.574 e. The molecule has 0 bridgehead atoms. The molecule has 0 amide bonds. The van der Waals surface area contributed by atoms with E-state index in [1.165, 1.54) is 12.3 Å². The van der Waals surface area contributed by atoms with Gasteiger partial charge in [-0.1, -0.05) is 30.3 Å². The average Bonchev–Trinajstić information content (AvgIpc) is 3.32. The van der Waals surface area contributed by atoms with E-state index < -0.39 is 12.2 Å². The maximum absolute atomic E-state index is 12.8. The van der Waals surface area contributed by atoms with E-state index >= 15 is 0 Å². The average molecular weight is 493 g/mol. The van der Waals surface area contributed by atoms with Gasteiger partial charge in [0.2, 0.25) is 5.88 Å². The number of halogens is 3. The molecule has 0 N–H and O–H groups in total. The summed E-state index contributed by atoms with van der Waals surface area (Å²) in [5.74, 6) is 0.518. The molecule has 36 heavy (non-hydrogen) atoms. The van der Waals surface area contributed by atoms with Gasteiger partial charge >= 0.3 is 6.36 Å². The number of likely N-dealkylation sites (N-methyl/N-ethyl adjacent to an activating group) is 1. The number of alkyl halides is 3. The van der Waals surface area contributed by atoms with E-state index in [-0.39, 0.29) is 18.7 Å². The maximum atomic E-state index is 12.8. The lowest BCUT2D eigenvalue weighted by molar-refractivity contribution is -0.276. The molecule has 5 rings (SSSR count). The smallest absolute Gasteiger partial charge is 0.388 e. The third-order valence-electron chi connectivity index (χ3n) is 5.97. The third kappa shape index (κ3) is 5.27. The molecule has 0 saturated heterocycles. The Morgan fingerprint density at radius 3 is 2.58 bits per heavy atom. The Morgan fingerprint density at radius 1 is 1.03 bits per heavy atom. The van der Waals surface area contributed by atoms with Crippen molar-refractivity contribution in [3.8, 4) is 17.4 Å². The molecule has 0 radical (unpaired) electrons. The van der Waals surface area contributed by atoms with Crippen LogP contribution in [-0.2, 0) is 24.1 Å². The van der Waals surface area contributed by atoms with Crippen molar-refractivity contribution in [1.29, 1.82) is 0 Å². The molecule has 0 fully saturated rings. The molecule has 10 heteroatoms. The summed E-state index contributed by atoms with van der Waals surface area (Å²) in [5.41, 5.74) is 3.16. The predicted molar refractivity (Wildman–Crippen MR) is 128 cm³/mol. The first-order valence-corrected chi connectivity index (χ1v) is 11.4. The molecule has 0 aliphatic heterocycles. The second-order valence-corrected chi connectivity index (χ2v) is 8.69. The number of anilines is 1. The van der Waals surface area contributed by atoms with E-state index in [4.69, 9.17) is 9.97 Å². The predicted octanol–water partition coefficient (Wildman–Crippen LogP) is 4.72. The van der Waals surface area contributed by atoms with Gasteiger partial charge in [0, 0.05) is 48.6 Å². The normalized spacial score (nSPS) is 13.0. The van der Waals surface area contributed by atoms with Crippen molar-refractivity contribution in [2.45, 2.75) is 32.0 Å². The van der Waals surface area contributed by atoms with E-state index in [0.717, 1.165) is 47.4 Å². The van der Waals surface area contributed by atoms with Crippen molar-refractivity contribution in [2.24, 2.45) is 0 Å². The van der Waals surface area contributed by atoms with Gasteiger partial charge < -0.3 is 9.64 Å². The van der Waals surface area contributed by atoms with Gasteiger partial charge in [-0.2, -0.15) is 0 Å². The summed E-state index contributed by atoms with van der Waals surface area (Å²) in [6.07, 6.45) is 0.857. The van der Waals surface area contributed by atoms with E-state index in [1.807, 2.05) is 30.3 Å². The quantitative estimate of drug-likeness (QED) is 0.368. The molecule has 4 aromatic rings. The van der Waals surface area contributed by atoms with Crippen molar-refractivity contribution in [2.75, 3.05) is 18.5 Å². The van der Waals surface area contributed by atoms with Crippen molar-refractivity contribution >= 4 is 22.4 Å². The molecule has 0 spiro atoms. The number of carbonyl (C=O) groups excluding carboxylic acids is 1. The Morgan fingerprint density at radius 2 is 1.83 bits per heavy atom. The number of ether oxygens (including phenoxy) is 1. The van der Waals surface area contributed by atoms with Crippen LogP contribution in [0.4, 0.5) is 19.0 Å². The summed E-state index contributed by atoms with van der Waals surface area (Å²) in [7, 11) is 1.80. The molecule has 7 nitrogen and oxygen atoms in total. The van der Waals surface area contributed by atoms with Crippen LogP contribution in [0.15, 0.2) is 54.9 Å². The Bertz CT molecular complexity index is 1420. The van der Waals surface area contributed by atoms with Crippen molar-refractivity contribution in [3.63, 3.8) is 0 Å². The minimum atomic E-state index is -4.81. The standard InChI is InChI=1S/C26H22F3N5O2/c1-34(15-19(35)11-16-9-10-23(31-13-16)36-26(27,28)29)25-20-7-4-8-21(20)32-24(33-25)22-12-17-5-2-3-6-18(17)14-30-22/h2-3,5-6,9-10,12-14H,4,7-8,11,15H2,1H3. The second kappa shape index (κ2) is 9.52. The summed E-state index contributed by atoms with van der Waals surface area (Å²) < 4.78 is 40.7. The molecule has 1 aliphatic rings. The number of benzene rings is 1. The number of aryl methyl sites for hydroxylation is 1. The molecular formula is C26H22F3N5O2. The highest BCUT2D eigenvalue weighted by atomic mass is 19.4. The van der Waals surface area contributed by atoms with Crippen LogP contribution in [0.3, 0.4) is 0 Å². The maximum Gasteiger partial charge on any atom is 0.574 e. The molecule has 3 heterocycles. The van der Waals surface area contributed by atoms with Crippen LogP contribution < -0.4 is 9.64 Å². The number of ketones is 1. The van der Waals surface area contributed by atoms with Gasteiger partial charge in [0.15, 0.2) is 11.6 Å². The second-order valence-electron chi connectivity index (χ2n) is 8.69. The Kier molecular flexibility index (Phi) is 6.26. The number of hydrogen-bond donors (Lipinski definition) is 0.